The van der Waals surface area contributed by atoms with E-state index in [2.05, 4.69) is 9.71 Å². The van der Waals surface area contributed by atoms with Gasteiger partial charge in [-0.05, 0) is 56.2 Å². The van der Waals surface area contributed by atoms with Gasteiger partial charge >= 0.3 is 5.97 Å². The zero-order valence-electron chi connectivity index (χ0n) is 17.5. The fourth-order valence-electron chi connectivity index (χ4n) is 3.07. The van der Waals surface area contributed by atoms with Crippen LogP contribution < -0.4 is 9.46 Å². The fourth-order valence-corrected chi connectivity index (χ4v) is 5.20. The second-order valence-corrected chi connectivity index (χ2v) is 9.33. The third-order valence-electron chi connectivity index (χ3n) is 4.28. The highest BCUT2D eigenvalue weighted by Gasteiger charge is 2.23. The maximum absolute atomic E-state index is 13.0. The minimum Gasteiger partial charge on any atom is -0.462 e. The molecule has 0 unspecified atom stereocenters. The molecule has 1 heterocycles. The van der Waals surface area contributed by atoms with Gasteiger partial charge in [-0.3, -0.25) is 9.71 Å². The number of esters is 1. The van der Waals surface area contributed by atoms with Gasteiger partial charge in [0.25, 0.3) is 10.0 Å². The van der Waals surface area contributed by atoms with Crippen molar-refractivity contribution >= 4 is 44.9 Å². The molecule has 3 aromatic rings. The number of carbonyl (C=O) groups is 1. The average Bonchev–Trinajstić information content (AvgIpc) is 2.68. The molecule has 2 aromatic carbocycles. The Labute approximate surface area is 196 Å². The minimum atomic E-state index is -4.03. The molecule has 0 radical (unpaired) electrons. The number of ether oxygens (including phenoxy) is 2. The number of halogens is 2. The number of nitrogens with one attached hydrogen (secondary N) is 1. The summed E-state index contributed by atoms with van der Waals surface area (Å²) in [6.07, 6.45) is 2.87. The Morgan fingerprint density at radius 2 is 1.84 bits per heavy atom. The average molecular weight is 495 g/mol. The Balaban J connectivity index is 1.99. The molecule has 1 aromatic heterocycles. The number of anilines is 1. The molecular weight excluding hydrogens is 475 g/mol. The predicted molar refractivity (Wildman–Crippen MR) is 123 cm³/mol. The van der Waals surface area contributed by atoms with Crippen molar-refractivity contribution in [3.05, 3.63) is 75.5 Å². The van der Waals surface area contributed by atoms with E-state index in [1.165, 1.54) is 36.7 Å². The smallest absolute Gasteiger partial charge is 0.342 e. The van der Waals surface area contributed by atoms with Crippen LogP contribution in [0.25, 0.3) is 0 Å². The summed E-state index contributed by atoms with van der Waals surface area (Å²) in [7, 11) is -4.03. The van der Waals surface area contributed by atoms with Gasteiger partial charge in [-0.25, -0.2) is 13.2 Å². The van der Waals surface area contributed by atoms with Gasteiger partial charge in [-0.15, -0.1) is 0 Å². The molecule has 0 fully saturated rings. The van der Waals surface area contributed by atoms with Crippen LogP contribution in [0.3, 0.4) is 0 Å². The fraction of sp³-hybridized carbons (Fsp3) is 0.182. The molecule has 0 aliphatic rings. The number of aryl methyl sites for hydroxylation is 2. The van der Waals surface area contributed by atoms with E-state index in [1.54, 1.807) is 26.0 Å². The van der Waals surface area contributed by atoms with Crippen LogP contribution in [-0.4, -0.2) is 26.0 Å². The van der Waals surface area contributed by atoms with Crippen molar-refractivity contribution in [3.8, 4) is 11.5 Å². The monoisotopic (exact) mass is 494 g/mol. The van der Waals surface area contributed by atoms with Crippen LogP contribution >= 0.6 is 23.2 Å². The van der Waals surface area contributed by atoms with Crippen LogP contribution in [-0.2, 0) is 14.8 Å². The van der Waals surface area contributed by atoms with Crippen molar-refractivity contribution in [3.63, 3.8) is 0 Å². The second kappa shape index (κ2) is 9.77. The van der Waals surface area contributed by atoms with Gasteiger partial charge in [-0.2, -0.15) is 0 Å². The Morgan fingerprint density at radius 1 is 1.09 bits per heavy atom. The first-order valence-electron chi connectivity index (χ1n) is 9.50. The Kier molecular flexibility index (Phi) is 7.28. The van der Waals surface area contributed by atoms with Gasteiger partial charge in [0.1, 0.15) is 22.0 Å². The summed E-state index contributed by atoms with van der Waals surface area (Å²) in [5, 5.41) is 0.462. The first-order valence-corrected chi connectivity index (χ1v) is 11.7. The topological polar surface area (TPSA) is 94.6 Å². The summed E-state index contributed by atoms with van der Waals surface area (Å²) >= 11 is 12.1. The number of hydrogen-bond acceptors (Lipinski definition) is 6. The molecule has 10 heteroatoms. The van der Waals surface area contributed by atoms with E-state index in [4.69, 9.17) is 32.7 Å². The van der Waals surface area contributed by atoms with Crippen molar-refractivity contribution in [2.24, 2.45) is 0 Å². The largest absolute Gasteiger partial charge is 0.462 e. The van der Waals surface area contributed by atoms with Gasteiger partial charge in [-0.1, -0.05) is 29.3 Å². The van der Waals surface area contributed by atoms with Crippen LogP contribution in [0.5, 0.6) is 11.5 Å². The van der Waals surface area contributed by atoms with E-state index in [0.717, 1.165) is 5.56 Å². The SMILES string of the molecule is CCOC(=O)c1cc(NS(=O)(=O)c2c(C)cc(C)cc2Cl)ccc1Oc1cncc(Cl)c1. The lowest BCUT2D eigenvalue weighted by molar-refractivity contribution is 0.0523. The van der Waals surface area contributed by atoms with E-state index < -0.39 is 16.0 Å². The summed E-state index contributed by atoms with van der Waals surface area (Å²) in [5.41, 5.74) is 1.51. The lowest BCUT2D eigenvalue weighted by Crippen LogP contribution is -2.16. The zero-order chi connectivity index (χ0) is 23.5. The molecule has 1 N–H and O–H groups in total. The van der Waals surface area contributed by atoms with Crippen LogP contribution in [0, 0.1) is 13.8 Å². The molecule has 0 bridgehead atoms. The van der Waals surface area contributed by atoms with E-state index in [-0.39, 0.29) is 33.5 Å². The number of benzene rings is 2. The molecule has 0 saturated carbocycles. The molecule has 32 heavy (non-hydrogen) atoms. The zero-order valence-corrected chi connectivity index (χ0v) is 19.8. The summed E-state index contributed by atoms with van der Waals surface area (Å²) < 4.78 is 39.3. The summed E-state index contributed by atoms with van der Waals surface area (Å²) in [6.45, 7) is 5.27. The molecule has 0 amide bonds. The van der Waals surface area contributed by atoms with Crippen LogP contribution in [0.2, 0.25) is 10.0 Å². The Hall–Kier alpha value is -2.81. The van der Waals surface area contributed by atoms with Crippen molar-refractivity contribution < 1.29 is 22.7 Å². The van der Waals surface area contributed by atoms with E-state index >= 15 is 0 Å². The number of nitrogens with zero attached hydrogens (tertiary/aromatic N) is 1. The standard InChI is InChI=1S/C22H20Cl2N2O5S/c1-4-30-22(27)18-10-16(5-6-20(18)31-17-9-15(23)11-25-12-17)26-32(28,29)21-14(3)7-13(2)8-19(21)24/h5-12,26H,4H2,1-3H3. The van der Waals surface area contributed by atoms with Crippen molar-refractivity contribution in [2.45, 2.75) is 25.7 Å². The molecule has 168 valence electrons. The molecule has 0 saturated heterocycles. The normalized spacial score (nSPS) is 11.2. The molecule has 0 atom stereocenters. The number of carbonyl (C=O) groups excluding carboxylic acids is 1. The number of aromatic nitrogens is 1. The predicted octanol–water partition coefficient (Wildman–Crippen LogP) is 5.78. The lowest BCUT2D eigenvalue weighted by Gasteiger charge is -2.15. The molecule has 3 rings (SSSR count). The third kappa shape index (κ3) is 5.51. The number of sulfonamides is 1. The van der Waals surface area contributed by atoms with E-state index in [0.29, 0.717) is 16.3 Å². The second-order valence-electron chi connectivity index (χ2n) is 6.87. The lowest BCUT2D eigenvalue weighted by atomic mass is 10.2. The third-order valence-corrected chi connectivity index (χ3v) is 6.48. The molecule has 7 nitrogen and oxygen atoms in total. The highest BCUT2D eigenvalue weighted by atomic mass is 35.5. The first-order chi connectivity index (χ1) is 15.1. The minimum absolute atomic E-state index is 0.0266. The molecule has 0 spiro atoms. The molecular formula is C22H20Cl2N2O5S. The number of pyridine rings is 1. The first kappa shape index (κ1) is 23.8. The van der Waals surface area contributed by atoms with Gasteiger partial charge < -0.3 is 9.47 Å². The van der Waals surface area contributed by atoms with E-state index in [1.807, 2.05) is 6.92 Å². The highest BCUT2D eigenvalue weighted by molar-refractivity contribution is 7.92. The summed E-state index contributed by atoms with van der Waals surface area (Å²) in [4.78, 5) is 16.4. The van der Waals surface area contributed by atoms with Crippen molar-refractivity contribution in [1.29, 1.82) is 0 Å². The highest BCUT2D eigenvalue weighted by Crippen LogP contribution is 2.32. The number of hydrogen-bond donors (Lipinski definition) is 1. The van der Waals surface area contributed by atoms with Gasteiger partial charge in [0.15, 0.2) is 0 Å². The van der Waals surface area contributed by atoms with Crippen LogP contribution in [0.15, 0.2) is 53.7 Å². The van der Waals surface area contributed by atoms with Crippen molar-refractivity contribution in [2.75, 3.05) is 11.3 Å². The molecule has 0 aliphatic heterocycles. The van der Waals surface area contributed by atoms with Gasteiger partial charge in [0, 0.05) is 18.0 Å². The van der Waals surface area contributed by atoms with Gasteiger partial charge in [0.2, 0.25) is 0 Å². The van der Waals surface area contributed by atoms with E-state index in [9.17, 15) is 13.2 Å². The van der Waals surface area contributed by atoms with Crippen LogP contribution in [0.4, 0.5) is 5.69 Å². The van der Waals surface area contributed by atoms with Crippen LogP contribution in [0.1, 0.15) is 28.4 Å². The Morgan fingerprint density at radius 3 is 2.50 bits per heavy atom. The molecule has 0 aliphatic carbocycles. The van der Waals surface area contributed by atoms with Crippen molar-refractivity contribution in [1.82, 2.24) is 4.98 Å². The number of rotatable bonds is 7. The summed E-state index contributed by atoms with van der Waals surface area (Å²) in [5.74, 6) is -0.221. The quantitative estimate of drug-likeness (QED) is 0.418. The Bertz CT molecular complexity index is 1260. The maximum Gasteiger partial charge on any atom is 0.342 e. The maximum atomic E-state index is 13.0. The van der Waals surface area contributed by atoms with Gasteiger partial charge in [0.05, 0.1) is 22.8 Å². The summed E-state index contributed by atoms with van der Waals surface area (Å²) in [6, 6.07) is 9.08.